The van der Waals surface area contributed by atoms with Crippen molar-refractivity contribution in [1.82, 2.24) is 10.2 Å². The van der Waals surface area contributed by atoms with E-state index >= 15 is 0 Å². The van der Waals surface area contributed by atoms with Crippen molar-refractivity contribution in [2.45, 2.75) is 29.4 Å². The number of hydrogen-bond donors (Lipinski definition) is 1. The molecule has 1 aromatic heterocycles. The van der Waals surface area contributed by atoms with E-state index in [4.69, 9.17) is 4.74 Å². The third kappa shape index (κ3) is 3.54. The van der Waals surface area contributed by atoms with E-state index in [1.807, 2.05) is 12.1 Å². The molecular formula is C14H15N3O2S2. The lowest BCUT2D eigenvalue weighted by Gasteiger charge is -2.02. The molecule has 0 radical (unpaired) electrons. The summed E-state index contributed by atoms with van der Waals surface area (Å²) in [5.41, 5.74) is 2.29. The highest BCUT2D eigenvalue weighted by molar-refractivity contribution is 8.02. The number of cyclic esters (lactones) is 1. The zero-order valence-corrected chi connectivity index (χ0v) is 13.2. The number of nitrogens with one attached hydrogen (secondary N) is 1. The fourth-order valence-electron chi connectivity index (χ4n) is 1.96. The van der Waals surface area contributed by atoms with Crippen LogP contribution in [0.15, 0.2) is 28.6 Å². The molecule has 2 aromatic rings. The maximum absolute atomic E-state index is 11.4. The van der Waals surface area contributed by atoms with Crippen LogP contribution in [0.4, 0.5) is 10.8 Å². The number of ether oxygens (including phenoxy) is 1. The van der Waals surface area contributed by atoms with Crippen LogP contribution in [0.3, 0.4) is 0 Å². The first-order valence-corrected chi connectivity index (χ1v) is 8.47. The fraction of sp³-hybridized carbons (Fsp3) is 0.357. The number of aryl methyl sites for hydroxylation is 1. The first-order valence-electron chi connectivity index (χ1n) is 6.77. The number of esters is 1. The number of thioether (sulfide) groups is 1. The van der Waals surface area contributed by atoms with Gasteiger partial charge in [0.05, 0.1) is 6.61 Å². The van der Waals surface area contributed by atoms with E-state index in [9.17, 15) is 4.79 Å². The van der Waals surface area contributed by atoms with Crippen LogP contribution in [0.25, 0.3) is 0 Å². The first-order chi connectivity index (χ1) is 10.2. The zero-order valence-electron chi connectivity index (χ0n) is 11.5. The molecule has 0 saturated carbocycles. The van der Waals surface area contributed by atoms with Crippen molar-refractivity contribution in [3.63, 3.8) is 0 Å². The molecule has 2 heterocycles. The van der Waals surface area contributed by atoms with Crippen LogP contribution >= 0.6 is 23.1 Å². The summed E-state index contributed by atoms with van der Waals surface area (Å²) in [4.78, 5) is 11.4. The van der Waals surface area contributed by atoms with Gasteiger partial charge in [0.15, 0.2) is 4.34 Å². The first kappa shape index (κ1) is 14.3. The Hall–Kier alpha value is -1.60. The van der Waals surface area contributed by atoms with Gasteiger partial charge in [0, 0.05) is 12.1 Å². The molecule has 1 N–H and O–H groups in total. The molecule has 0 spiro atoms. The summed E-state index contributed by atoms with van der Waals surface area (Å²) in [6, 6.07) is 8.24. The Balaban J connectivity index is 1.62. The van der Waals surface area contributed by atoms with Crippen LogP contribution in [-0.2, 0) is 16.0 Å². The quantitative estimate of drug-likeness (QED) is 0.853. The summed E-state index contributed by atoms with van der Waals surface area (Å²) in [6.07, 6.45) is 1.77. The molecule has 110 valence electrons. The summed E-state index contributed by atoms with van der Waals surface area (Å²) in [6.45, 7) is 2.63. The van der Waals surface area contributed by atoms with Gasteiger partial charge in [0.1, 0.15) is 5.25 Å². The Morgan fingerprint density at radius 3 is 2.86 bits per heavy atom. The van der Waals surface area contributed by atoms with Gasteiger partial charge in [0.2, 0.25) is 5.13 Å². The van der Waals surface area contributed by atoms with Gasteiger partial charge in [-0.25, -0.2) is 0 Å². The number of hydrogen-bond acceptors (Lipinski definition) is 7. The van der Waals surface area contributed by atoms with Gasteiger partial charge in [-0.15, -0.1) is 10.2 Å². The van der Waals surface area contributed by atoms with E-state index in [1.165, 1.54) is 28.7 Å². The Bertz CT molecular complexity index is 627. The average Bonchev–Trinajstić information content (AvgIpc) is 3.10. The predicted molar refractivity (Wildman–Crippen MR) is 84.2 cm³/mol. The van der Waals surface area contributed by atoms with Gasteiger partial charge in [-0.3, -0.25) is 4.79 Å². The third-order valence-corrected chi connectivity index (χ3v) is 5.32. The number of carbonyl (C=O) groups is 1. The molecule has 3 rings (SSSR count). The van der Waals surface area contributed by atoms with E-state index in [2.05, 4.69) is 34.6 Å². The monoisotopic (exact) mass is 321 g/mol. The van der Waals surface area contributed by atoms with Crippen LogP contribution in [0.5, 0.6) is 0 Å². The number of nitrogens with zero attached hydrogens (tertiary/aromatic N) is 2. The van der Waals surface area contributed by atoms with Crippen molar-refractivity contribution < 1.29 is 9.53 Å². The Morgan fingerprint density at radius 1 is 1.38 bits per heavy atom. The molecule has 1 aromatic carbocycles. The number of aromatic nitrogens is 2. The van der Waals surface area contributed by atoms with Gasteiger partial charge in [0.25, 0.3) is 0 Å². The highest BCUT2D eigenvalue weighted by Crippen LogP contribution is 2.33. The highest BCUT2D eigenvalue weighted by Gasteiger charge is 2.28. The van der Waals surface area contributed by atoms with E-state index < -0.39 is 0 Å². The minimum Gasteiger partial charge on any atom is -0.465 e. The Morgan fingerprint density at radius 2 is 2.19 bits per heavy atom. The molecule has 1 saturated heterocycles. The SMILES string of the molecule is CCc1ccc(Nc2nnc(S[C@@H]3CCOC3=O)s2)cc1. The van der Waals surface area contributed by atoms with E-state index in [1.54, 1.807) is 0 Å². The van der Waals surface area contributed by atoms with Gasteiger partial charge >= 0.3 is 5.97 Å². The largest absolute Gasteiger partial charge is 0.465 e. The van der Waals surface area contributed by atoms with Crippen molar-refractivity contribution in [1.29, 1.82) is 0 Å². The van der Waals surface area contributed by atoms with Crippen LogP contribution in [0.2, 0.25) is 0 Å². The summed E-state index contributed by atoms with van der Waals surface area (Å²) >= 11 is 2.88. The van der Waals surface area contributed by atoms with Gasteiger partial charge in [-0.2, -0.15) is 0 Å². The maximum atomic E-state index is 11.4. The van der Waals surface area contributed by atoms with E-state index in [0.29, 0.717) is 6.61 Å². The lowest BCUT2D eigenvalue weighted by atomic mass is 10.1. The molecule has 0 amide bonds. The molecule has 1 aliphatic heterocycles. The molecule has 21 heavy (non-hydrogen) atoms. The van der Waals surface area contributed by atoms with E-state index in [0.717, 1.165) is 28.0 Å². The fourth-order valence-corrected chi connectivity index (χ4v) is 3.95. The summed E-state index contributed by atoms with van der Waals surface area (Å²) < 4.78 is 5.73. The topological polar surface area (TPSA) is 64.1 Å². The molecule has 1 aliphatic rings. The van der Waals surface area contributed by atoms with Crippen molar-refractivity contribution >= 4 is 39.9 Å². The summed E-state index contributed by atoms with van der Waals surface area (Å²) in [5.74, 6) is -0.153. The lowest BCUT2D eigenvalue weighted by Crippen LogP contribution is -2.08. The minimum absolute atomic E-state index is 0.144. The second-order valence-corrected chi connectivity index (χ2v) is 7.04. The molecular weight excluding hydrogens is 306 g/mol. The maximum Gasteiger partial charge on any atom is 0.319 e. The van der Waals surface area contributed by atoms with Crippen LogP contribution in [-0.4, -0.2) is 28.0 Å². The van der Waals surface area contributed by atoms with Crippen LogP contribution in [0.1, 0.15) is 18.9 Å². The minimum atomic E-state index is -0.153. The smallest absolute Gasteiger partial charge is 0.319 e. The molecule has 1 fully saturated rings. The van der Waals surface area contributed by atoms with Gasteiger partial charge in [-0.05, 0) is 24.1 Å². The molecule has 1 atom stereocenters. The Labute approximate surface area is 131 Å². The third-order valence-electron chi connectivity index (χ3n) is 3.15. The van der Waals surface area contributed by atoms with Crippen LogP contribution < -0.4 is 5.32 Å². The van der Waals surface area contributed by atoms with Gasteiger partial charge < -0.3 is 10.1 Å². The molecule has 5 nitrogen and oxygen atoms in total. The van der Waals surface area contributed by atoms with Crippen molar-refractivity contribution in [2.75, 3.05) is 11.9 Å². The van der Waals surface area contributed by atoms with Crippen LogP contribution in [0, 0.1) is 0 Å². The normalized spacial score (nSPS) is 17.8. The number of rotatable bonds is 5. The van der Waals surface area contributed by atoms with Crippen molar-refractivity contribution in [3.8, 4) is 0 Å². The average molecular weight is 321 g/mol. The predicted octanol–water partition coefficient (Wildman–Crippen LogP) is 3.25. The van der Waals surface area contributed by atoms with Crippen molar-refractivity contribution in [3.05, 3.63) is 29.8 Å². The molecule has 0 aliphatic carbocycles. The second-order valence-electron chi connectivity index (χ2n) is 4.61. The zero-order chi connectivity index (χ0) is 14.7. The van der Waals surface area contributed by atoms with Gasteiger partial charge in [-0.1, -0.05) is 42.2 Å². The second kappa shape index (κ2) is 6.44. The highest BCUT2D eigenvalue weighted by atomic mass is 32.2. The summed E-state index contributed by atoms with van der Waals surface area (Å²) in [7, 11) is 0. The molecule has 7 heteroatoms. The molecule has 0 bridgehead atoms. The molecule has 0 unspecified atom stereocenters. The number of anilines is 2. The number of benzene rings is 1. The summed E-state index contributed by atoms with van der Waals surface area (Å²) in [5, 5.41) is 12.0. The standard InChI is InChI=1S/C14H15N3O2S2/c1-2-9-3-5-10(6-4-9)15-13-16-17-14(21-13)20-11-7-8-19-12(11)18/h3-6,11H,2,7-8H2,1H3,(H,15,16)/t11-/m1/s1. The lowest BCUT2D eigenvalue weighted by molar-refractivity contribution is -0.137. The Kier molecular flexibility index (Phi) is 4.40. The number of carbonyl (C=O) groups excluding carboxylic acids is 1. The van der Waals surface area contributed by atoms with Crippen molar-refractivity contribution in [2.24, 2.45) is 0 Å². The van der Waals surface area contributed by atoms with E-state index in [-0.39, 0.29) is 11.2 Å².